The molecule has 0 aliphatic carbocycles. The van der Waals surface area contributed by atoms with Crippen LogP contribution in [0.1, 0.15) is 25.8 Å². The van der Waals surface area contributed by atoms with Crippen molar-refractivity contribution in [1.82, 2.24) is 15.5 Å². The van der Waals surface area contributed by atoms with E-state index in [9.17, 15) is 22.8 Å². The Balaban J connectivity index is 1.65. The van der Waals surface area contributed by atoms with Crippen molar-refractivity contribution in [2.24, 2.45) is 5.92 Å². The fourth-order valence-electron chi connectivity index (χ4n) is 2.92. The van der Waals surface area contributed by atoms with E-state index in [2.05, 4.69) is 42.1 Å². The molecule has 12 heteroatoms. The lowest BCUT2D eigenvalue weighted by molar-refractivity contribution is -0.137. The highest BCUT2D eigenvalue weighted by Crippen LogP contribution is 2.30. The molecule has 3 N–H and O–H groups in total. The summed E-state index contributed by atoms with van der Waals surface area (Å²) in [6.07, 6.45) is -3.87. The quantitative estimate of drug-likeness (QED) is 0.325. The molecule has 2 aromatic carbocycles. The van der Waals surface area contributed by atoms with Crippen LogP contribution in [0.4, 0.5) is 28.8 Å². The van der Waals surface area contributed by atoms with Crippen LogP contribution >= 0.6 is 27.3 Å². The molecule has 0 spiro atoms. The van der Waals surface area contributed by atoms with Crippen LogP contribution in [-0.4, -0.2) is 28.2 Å². The van der Waals surface area contributed by atoms with Crippen LogP contribution < -0.4 is 16.0 Å². The Hall–Kier alpha value is -2.99. The zero-order chi connectivity index (χ0) is 24.9. The van der Waals surface area contributed by atoms with Gasteiger partial charge in [0.2, 0.25) is 11.0 Å². The first-order valence-corrected chi connectivity index (χ1v) is 11.8. The van der Waals surface area contributed by atoms with Crippen LogP contribution in [0.2, 0.25) is 0 Å². The van der Waals surface area contributed by atoms with Gasteiger partial charge in [-0.15, -0.1) is 10.2 Å². The monoisotopic (exact) mass is 555 g/mol. The molecule has 0 bridgehead atoms. The summed E-state index contributed by atoms with van der Waals surface area (Å²) >= 11 is 4.56. The average molecular weight is 556 g/mol. The Bertz CT molecular complexity index is 1140. The molecule has 2 unspecified atom stereocenters. The number of amides is 3. The Morgan fingerprint density at radius 2 is 1.68 bits per heavy atom. The SMILES string of the molecule is CCC(C)C(NC(=O)Nc1ccc(C(F)(F)F)cc1)C(=O)Nc1nnc(-c2ccc(Br)cc2)s1. The normalized spacial score (nSPS) is 13.1. The van der Waals surface area contributed by atoms with E-state index < -0.39 is 29.7 Å². The lowest BCUT2D eigenvalue weighted by Crippen LogP contribution is -2.49. The van der Waals surface area contributed by atoms with Crippen molar-refractivity contribution in [3.8, 4) is 10.6 Å². The van der Waals surface area contributed by atoms with E-state index in [1.807, 2.05) is 31.2 Å². The Labute approximate surface area is 206 Å². The van der Waals surface area contributed by atoms with Crippen LogP contribution in [-0.2, 0) is 11.0 Å². The molecule has 7 nitrogen and oxygen atoms in total. The zero-order valence-electron chi connectivity index (χ0n) is 18.1. The van der Waals surface area contributed by atoms with Crippen molar-refractivity contribution in [2.45, 2.75) is 32.5 Å². The highest BCUT2D eigenvalue weighted by molar-refractivity contribution is 9.10. The van der Waals surface area contributed by atoms with Crippen LogP contribution in [0.25, 0.3) is 10.6 Å². The van der Waals surface area contributed by atoms with Gasteiger partial charge >= 0.3 is 12.2 Å². The first-order chi connectivity index (χ1) is 16.1. The van der Waals surface area contributed by atoms with E-state index in [1.54, 1.807) is 6.92 Å². The molecule has 180 valence electrons. The second-order valence-electron chi connectivity index (χ2n) is 7.45. The van der Waals surface area contributed by atoms with Gasteiger partial charge in [0, 0.05) is 15.7 Å². The number of aromatic nitrogens is 2. The number of nitrogens with zero attached hydrogens (tertiary/aromatic N) is 2. The van der Waals surface area contributed by atoms with Crippen molar-refractivity contribution in [3.05, 3.63) is 58.6 Å². The first-order valence-electron chi connectivity index (χ1n) is 10.2. The second kappa shape index (κ2) is 11.0. The number of hydrogen-bond acceptors (Lipinski definition) is 5. The molecule has 0 aliphatic heterocycles. The van der Waals surface area contributed by atoms with E-state index >= 15 is 0 Å². The van der Waals surface area contributed by atoms with Gasteiger partial charge in [0.05, 0.1) is 5.56 Å². The number of hydrogen-bond donors (Lipinski definition) is 3. The van der Waals surface area contributed by atoms with Gasteiger partial charge in [-0.25, -0.2) is 4.79 Å². The van der Waals surface area contributed by atoms with Crippen LogP contribution in [0.3, 0.4) is 0 Å². The number of carbonyl (C=O) groups is 2. The smallest absolute Gasteiger partial charge is 0.326 e. The summed E-state index contributed by atoms with van der Waals surface area (Å²) in [7, 11) is 0. The summed E-state index contributed by atoms with van der Waals surface area (Å²) in [6.45, 7) is 3.67. The molecule has 2 atom stereocenters. The molecule has 0 fully saturated rings. The largest absolute Gasteiger partial charge is 0.416 e. The fraction of sp³-hybridized carbons (Fsp3) is 0.273. The number of rotatable bonds is 7. The molecule has 0 saturated heterocycles. The van der Waals surface area contributed by atoms with Crippen LogP contribution in [0, 0.1) is 5.92 Å². The predicted molar refractivity (Wildman–Crippen MR) is 129 cm³/mol. The molecule has 3 amide bonds. The van der Waals surface area contributed by atoms with Crippen molar-refractivity contribution < 1.29 is 22.8 Å². The number of benzene rings is 2. The van der Waals surface area contributed by atoms with Crippen LogP contribution in [0.15, 0.2) is 53.0 Å². The van der Waals surface area contributed by atoms with E-state index in [4.69, 9.17) is 0 Å². The minimum atomic E-state index is -4.47. The number of halogens is 4. The Morgan fingerprint density at radius 3 is 2.26 bits per heavy atom. The summed E-state index contributed by atoms with van der Waals surface area (Å²) in [6, 6.07) is 9.88. The maximum Gasteiger partial charge on any atom is 0.416 e. The Morgan fingerprint density at radius 1 is 1.03 bits per heavy atom. The molecule has 1 aromatic heterocycles. The van der Waals surface area contributed by atoms with Gasteiger partial charge in [-0.05, 0) is 42.3 Å². The number of carbonyl (C=O) groups excluding carboxylic acids is 2. The number of urea groups is 1. The third-order valence-corrected chi connectivity index (χ3v) is 6.41. The van der Waals surface area contributed by atoms with E-state index in [0.717, 1.165) is 34.3 Å². The molecule has 0 saturated carbocycles. The van der Waals surface area contributed by atoms with Crippen molar-refractivity contribution in [2.75, 3.05) is 10.6 Å². The number of nitrogens with one attached hydrogen (secondary N) is 3. The maximum atomic E-state index is 12.9. The van der Waals surface area contributed by atoms with E-state index in [0.29, 0.717) is 11.4 Å². The zero-order valence-corrected chi connectivity index (χ0v) is 20.5. The molecule has 1 heterocycles. The van der Waals surface area contributed by atoms with Gasteiger partial charge in [-0.3, -0.25) is 10.1 Å². The van der Waals surface area contributed by atoms with Gasteiger partial charge in [0.15, 0.2) is 0 Å². The van der Waals surface area contributed by atoms with Gasteiger partial charge in [-0.1, -0.05) is 59.7 Å². The maximum absolute atomic E-state index is 12.9. The van der Waals surface area contributed by atoms with Gasteiger partial charge < -0.3 is 10.6 Å². The van der Waals surface area contributed by atoms with Gasteiger partial charge in [0.25, 0.3) is 0 Å². The van der Waals surface area contributed by atoms with Crippen molar-refractivity contribution in [3.63, 3.8) is 0 Å². The minimum Gasteiger partial charge on any atom is -0.326 e. The topological polar surface area (TPSA) is 96.0 Å². The van der Waals surface area contributed by atoms with E-state index in [1.165, 1.54) is 11.3 Å². The molecule has 3 rings (SSSR count). The molecule has 34 heavy (non-hydrogen) atoms. The van der Waals surface area contributed by atoms with Crippen molar-refractivity contribution >= 4 is 50.0 Å². The summed E-state index contributed by atoms with van der Waals surface area (Å²) in [4.78, 5) is 25.3. The summed E-state index contributed by atoms with van der Waals surface area (Å²) in [5.41, 5.74) is 0.181. The highest BCUT2D eigenvalue weighted by atomic mass is 79.9. The minimum absolute atomic E-state index is 0.164. The molecular formula is C22H21BrF3N5O2S. The number of anilines is 2. The summed E-state index contributed by atoms with van der Waals surface area (Å²) in [5.74, 6) is -0.701. The summed E-state index contributed by atoms with van der Waals surface area (Å²) < 4.78 is 39.0. The predicted octanol–water partition coefficient (Wildman–Crippen LogP) is 6.16. The molecule has 3 aromatic rings. The summed E-state index contributed by atoms with van der Waals surface area (Å²) in [5, 5.41) is 16.7. The second-order valence-corrected chi connectivity index (χ2v) is 9.34. The highest BCUT2D eigenvalue weighted by Gasteiger charge is 2.30. The Kier molecular flexibility index (Phi) is 8.26. The molecule has 0 radical (unpaired) electrons. The van der Waals surface area contributed by atoms with Crippen LogP contribution in [0.5, 0.6) is 0 Å². The van der Waals surface area contributed by atoms with Crippen molar-refractivity contribution in [1.29, 1.82) is 0 Å². The standard InChI is InChI=1S/C22H21BrF3N5O2S/c1-3-12(2)17(28-20(33)27-16-10-6-14(7-11-16)22(24,25)26)18(32)29-21-31-30-19(34-21)13-4-8-15(23)9-5-13/h4-12,17H,3H2,1-2H3,(H2,27,28,33)(H,29,31,32). The fourth-order valence-corrected chi connectivity index (χ4v) is 3.94. The first kappa shape index (κ1) is 25.6. The lowest BCUT2D eigenvalue weighted by Gasteiger charge is -2.23. The third-order valence-electron chi connectivity index (χ3n) is 5.00. The molecule has 0 aliphatic rings. The number of alkyl halides is 3. The average Bonchev–Trinajstić information content (AvgIpc) is 3.25. The molecular weight excluding hydrogens is 535 g/mol. The van der Waals surface area contributed by atoms with E-state index in [-0.39, 0.29) is 16.7 Å². The lowest BCUT2D eigenvalue weighted by atomic mass is 9.98. The van der Waals surface area contributed by atoms with Gasteiger partial charge in [0.1, 0.15) is 11.0 Å². The van der Waals surface area contributed by atoms with Gasteiger partial charge in [-0.2, -0.15) is 13.2 Å². The third kappa shape index (κ3) is 6.76.